The Hall–Kier alpha value is -5.03. The molecule has 0 aromatic heterocycles. The number of piperidine rings is 1. The fraction of sp³-hybridized carbons (Fsp3) is 0.361. The maximum absolute atomic E-state index is 15.5. The number of Topliss-reactive ketones (excluding diaryl/α,β-unsaturated/α-hetero) is 1. The minimum Gasteiger partial charge on any atom is -0.493 e. The number of amides is 2. The van der Waals surface area contributed by atoms with E-state index in [0.717, 1.165) is 5.56 Å². The molecular formula is C36H39N3O8. The Kier molecular flexibility index (Phi) is 8.35. The number of benzene rings is 3. The van der Waals surface area contributed by atoms with Crippen molar-refractivity contribution < 1.29 is 38.1 Å². The van der Waals surface area contributed by atoms with Crippen LogP contribution in [0.4, 0.5) is 10.5 Å². The van der Waals surface area contributed by atoms with Crippen molar-refractivity contribution in [1.29, 1.82) is 0 Å². The standard InChI is InChI=1S/C36H39N3O8/c1-7-47-34(42)39-19-24(16-22-12-14-28(43-3)30(17-22)45-5)32(40)35(21-39)26(23-13-15-29(44-4)31(18-23)46-6)20-38(2)36(35)25-10-8-9-11-27(25)37-33(36)41/h8-18,26H,7,19-21H2,1-6H3,(H,37,41)/b24-16+/t26-,35+,36+/m0/s1. The van der Waals surface area contributed by atoms with Crippen molar-refractivity contribution in [2.45, 2.75) is 18.4 Å². The summed E-state index contributed by atoms with van der Waals surface area (Å²) in [4.78, 5) is 47.2. The van der Waals surface area contributed by atoms with E-state index in [4.69, 9.17) is 23.7 Å². The molecule has 246 valence electrons. The molecule has 2 amide bonds. The van der Waals surface area contributed by atoms with E-state index in [1.165, 1.54) is 0 Å². The van der Waals surface area contributed by atoms with Gasteiger partial charge >= 0.3 is 6.09 Å². The molecule has 0 radical (unpaired) electrons. The average Bonchev–Trinajstić information content (AvgIpc) is 3.54. The van der Waals surface area contributed by atoms with E-state index in [1.807, 2.05) is 54.4 Å². The number of anilines is 1. The third kappa shape index (κ3) is 4.71. The second-order valence-corrected chi connectivity index (χ2v) is 11.9. The minimum absolute atomic E-state index is 0.00449. The quantitative estimate of drug-likeness (QED) is 0.367. The molecule has 11 heteroatoms. The van der Waals surface area contributed by atoms with Gasteiger partial charge in [0.05, 0.1) is 47.0 Å². The van der Waals surface area contributed by atoms with Gasteiger partial charge in [0.2, 0.25) is 0 Å². The van der Waals surface area contributed by atoms with Gasteiger partial charge in [-0.05, 0) is 61.5 Å². The molecule has 2 saturated heterocycles. The second kappa shape index (κ2) is 12.3. The van der Waals surface area contributed by atoms with Gasteiger partial charge in [0.1, 0.15) is 5.54 Å². The lowest BCUT2D eigenvalue weighted by Gasteiger charge is -2.50. The summed E-state index contributed by atoms with van der Waals surface area (Å²) in [6, 6.07) is 18.3. The van der Waals surface area contributed by atoms with E-state index in [-0.39, 0.29) is 31.4 Å². The summed E-state index contributed by atoms with van der Waals surface area (Å²) < 4.78 is 27.7. The van der Waals surface area contributed by atoms with Crippen molar-refractivity contribution in [2.75, 3.05) is 67.0 Å². The number of ether oxygens (including phenoxy) is 5. The van der Waals surface area contributed by atoms with Crippen LogP contribution in [0.1, 0.15) is 29.5 Å². The first kappa shape index (κ1) is 31.9. The Morgan fingerprint density at radius 2 is 1.57 bits per heavy atom. The first-order chi connectivity index (χ1) is 22.7. The molecule has 47 heavy (non-hydrogen) atoms. The number of rotatable bonds is 7. The Morgan fingerprint density at radius 1 is 0.915 bits per heavy atom. The third-order valence-corrected chi connectivity index (χ3v) is 9.75. The summed E-state index contributed by atoms with van der Waals surface area (Å²) in [5.41, 5.74) is 0.169. The van der Waals surface area contributed by atoms with Gasteiger partial charge in [-0.2, -0.15) is 0 Å². The predicted molar refractivity (Wildman–Crippen MR) is 175 cm³/mol. The highest BCUT2D eigenvalue weighted by molar-refractivity contribution is 6.16. The molecule has 3 atom stereocenters. The van der Waals surface area contributed by atoms with E-state index >= 15 is 4.79 Å². The first-order valence-electron chi connectivity index (χ1n) is 15.4. The molecule has 0 bridgehead atoms. The van der Waals surface area contributed by atoms with Crippen LogP contribution in [-0.2, 0) is 19.9 Å². The molecule has 1 N–H and O–H groups in total. The topological polar surface area (TPSA) is 116 Å². The van der Waals surface area contributed by atoms with Crippen LogP contribution in [0.3, 0.4) is 0 Å². The molecule has 2 fully saturated rings. The van der Waals surface area contributed by atoms with Gasteiger partial charge in [-0.1, -0.05) is 30.3 Å². The van der Waals surface area contributed by atoms with Crippen molar-refractivity contribution >= 4 is 29.5 Å². The van der Waals surface area contributed by atoms with Crippen molar-refractivity contribution in [3.63, 3.8) is 0 Å². The Bertz CT molecular complexity index is 1770. The molecular weight excluding hydrogens is 602 g/mol. The van der Waals surface area contributed by atoms with Gasteiger partial charge in [-0.3, -0.25) is 14.5 Å². The number of carbonyl (C=O) groups is 3. The number of likely N-dealkylation sites (tertiary alicyclic amines) is 2. The number of carbonyl (C=O) groups excluding carboxylic acids is 3. The molecule has 3 aromatic carbocycles. The molecule has 0 unspecified atom stereocenters. The van der Waals surface area contributed by atoms with Gasteiger partial charge in [-0.25, -0.2) is 4.79 Å². The van der Waals surface area contributed by atoms with Crippen molar-refractivity contribution in [1.82, 2.24) is 9.80 Å². The van der Waals surface area contributed by atoms with Crippen LogP contribution in [0.2, 0.25) is 0 Å². The second-order valence-electron chi connectivity index (χ2n) is 11.9. The summed E-state index contributed by atoms with van der Waals surface area (Å²) >= 11 is 0. The van der Waals surface area contributed by atoms with Crippen molar-refractivity contribution in [2.24, 2.45) is 5.41 Å². The zero-order chi connectivity index (χ0) is 33.5. The molecule has 3 aromatic rings. The fourth-order valence-corrected chi connectivity index (χ4v) is 7.82. The minimum atomic E-state index is -1.48. The molecule has 2 spiro atoms. The number of nitrogens with one attached hydrogen (secondary N) is 1. The van der Waals surface area contributed by atoms with Gasteiger partial charge in [0.15, 0.2) is 28.8 Å². The van der Waals surface area contributed by atoms with Crippen molar-refractivity contribution in [3.8, 4) is 23.0 Å². The highest BCUT2D eigenvalue weighted by Crippen LogP contribution is 2.64. The van der Waals surface area contributed by atoms with Crippen LogP contribution in [0.5, 0.6) is 23.0 Å². The number of ketones is 1. The van der Waals surface area contributed by atoms with Crippen LogP contribution in [-0.4, -0.2) is 89.3 Å². The Morgan fingerprint density at radius 3 is 2.26 bits per heavy atom. The van der Waals surface area contributed by atoms with Crippen molar-refractivity contribution in [3.05, 3.63) is 82.9 Å². The highest BCUT2D eigenvalue weighted by Gasteiger charge is 2.75. The first-order valence-corrected chi connectivity index (χ1v) is 15.4. The summed E-state index contributed by atoms with van der Waals surface area (Å²) in [7, 11) is 8.07. The molecule has 3 aliphatic rings. The summed E-state index contributed by atoms with van der Waals surface area (Å²) in [6.07, 6.45) is 1.19. The zero-order valence-corrected chi connectivity index (χ0v) is 27.4. The largest absolute Gasteiger partial charge is 0.493 e. The number of fused-ring (bicyclic) bond motifs is 3. The lowest BCUT2D eigenvalue weighted by Crippen LogP contribution is -2.66. The van der Waals surface area contributed by atoms with E-state index in [0.29, 0.717) is 51.9 Å². The maximum atomic E-state index is 15.5. The van der Waals surface area contributed by atoms with E-state index in [9.17, 15) is 9.59 Å². The van der Waals surface area contributed by atoms with E-state index in [2.05, 4.69) is 5.32 Å². The number of para-hydroxylation sites is 1. The van der Waals surface area contributed by atoms with Crippen LogP contribution >= 0.6 is 0 Å². The number of hydrogen-bond donors (Lipinski definition) is 1. The molecule has 0 saturated carbocycles. The zero-order valence-electron chi connectivity index (χ0n) is 27.4. The lowest BCUT2D eigenvalue weighted by atomic mass is 9.56. The molecule has 3 heterocycles. The normalized spacial score (nSPS) is 24.4. The summed E-state index contributed by atoms with van der Waals surface area (Å²) in [5, 5.41) is 3.06. The van der Waals surface area contributed by atoms with Gasteiger partial charge < -0.3 is 33.9 Å². The summed E-state index contributed by atoms with van der Waals surface area (Å²) in [5.74, 6) is 0.948. The van der Waals surface area contributed by atoms with Crippen LogP contribution in [0.15, 0.2) is 66.2 Å². The highest BCUT2D eigenvalue weighted by atomic mass is 16.6. The Labute approximate surface area is 274 Å². The monoisotopic (exact) mass is 641 g/mol. The SMILES string of the molecule is CCOC(=O)N1C/C(=C\c2ccc(OC)c(OC)c2)C(=O)[C@@]2(C1)[C@H](c1ccc(OC)c(OC)c1)CN(C)[C@]21C(=O)Nc2ccccc21. The predicted octanol–water partition coefficient (Wildman–Crippen LogP) is 4.71. The maximum Gasteiger partial charge on any atom is 0.410 e. The molecule has 0 aliphatic carbocycles. The third-order valence-electron chi connectivity index (χ3n) is 9.75. The van der Waals surface area contributed by atoms with E-state index < -0.39 is 23.0 Å². The van der Waals surface area contributed by atoms with Crippen LogP contribution in [0.25, 0.3) is 6.08 Å². The summed E-state index contributed by atoms with van der Waals surface area (Å²) in [6.45, 7) is 2.16. The number of nitrogens with zero attached hydrogens (tertiary/aromatic N) is 2. The number of methoxy groups -OCH3 is 4. The number of likely N-dealkylation sites (N-methyl/N-ethyl adjacent to an activating group) is 1. The van der Waals surface area contributed by atoms with Gasteiger partial charge in [0.25, 0.3) is 5.91 Å². The lowest BCUT2D eigenvalue weighted by molar-refractivity contribution is -0.146. The number of hydrogen-bond acceptors (Lipinski definition) is 9. The molecule has 6 rings (SSSR count). The van der Waals surface area contributed by atoms with Crippen LogP contribution < -0.4 is 24.3 Å². The van der Waals surface area contributed by atoms with Crippen LogP contribution in [0, 0.1) is 5.41 Å². The Balaban J connectivity index is 1.64. The van der Waals surface area contributed by atoms with Gasteiger partial charge in [-0.15, -0.1) is 0 Å². The molecule has 3 aliphatic heterocycles. The molecule has 11 nitrogen and oxygen atoms in total. The smallest absolute Gasteiger partial charge is 0.410 e. The fourth-order valence-electron chi connectivity index (χ4n) is 7.82. The van der Waals surface area contributed by atoms with Gasteiger partial charge in [0, 0.05) is 35.8 Å². The average molecular weight is 642 g/mol. The van der Waals surface area contributed by atoms with E-state index in [1.54, 1.807) is 64.5 Å².